The van der Waals surface area contributed by atoms with Gasteiger partial charge in [0.05, 0.1) is 5.39 Å². The van der Waals surface area contributed by atoms with E-state index in [0.717, 1.165) is 57.2 Å². The van der Waals surface area contributed by atoms with E-state index in [-0.39, 0.29) is 5.56 Å². The number of aromatic amines is 1. The normalized spacial score (nSPS) is 17.4. The Bertz CT molecular complexity index is 1020. The summed E-state index contributed by atoms with van der Waals surface area (Å²) in [6.07, 6.45) is 8.36. The minimum absolute atomic E-state index is 0.0346. The third-order valence-electron chi connectivity index (χ3n) is 6.07. The fourth-order valence-corrected chi connectivity index (χ4v) is 4.60. The number of benzene rings is 1. The van der Waals surface area contributed by atoms with Gasteiger partial charge < -0.3 is 4.90 Å². The van der Waals surface area contributed by atoms with Crippen molar-refractivity contribution in [2.75, 3.05) is 18.0 Å². The molecular weight excluding hydrogens is 336 g/mol. The molecular formula is C22H24N4O. The topological polar surface area (TPSA) is 61.9 Å². The molecule has 1 N–H and O–H groups in total. The molecule has 5 heteroatoms. The van der Waals surface area contributed by atoms with Gasteiger partial charge in [-0.25, -0.2) is 4.98 Å². The zero-order chi connectivity index (χ0) is 18.2. The number of H-pyrrole nitrogens is 1. The van der Waals surface area contributed by atoms with Crippen molar-refractivity contribution in [1.29, 1.82) is 0 Å². The molecule has 0 unspecified atom stereocenters. The van der Waals surface area contributed by atoms with Crippen LogP contribution >= 0.6 is 0 Å². The molecule has 1 aromatic carbocycles. The SMILES string of the molecule is O=c1[nH]c(N2CCC(Cc3ccccc3)CC2)nc2ncc3c(c12)CCC3. The van der Waals surface area contributed by atoms with Crippen LogP contribution in [0.3, 0.4) is 0 Å². The second-order valence-corrected chi connectivity index (χ2v) is 7.82. The lowest BCUT2D eigenvalue weighted by Crippen LogP contribution is -2.36. The minimum Gasteiger partial charge on any atom is -0.342 e. The molecule has 0 saturated carbocycles. The minimum atomic E-state index is -0.0346. The Morgan fingerprint density at radius 3 is 2.74 bits per heavy atom. The van der Waals surface area contributed by atoms with Crippen molar-refractivity contribution in [3.05, 3.63) is 63.6 Å². The van der Waals surface area contributed by atoms with Gasteiger partial charge in [0, 0.05) is 19.3 Å². The van der Waals surface area contributed by atoms with E-state index in [9.17, 15) is 4.79 Å². The molecule has 0 bridgehead atoms. The Hall–Kier alpha value is -2.69. The molecule has 1 aliphatic heterocycles. The third kappa shape index (κ3) is 3.11. The van der Waals surface area contributed by atoms with Crippen LogP contribution in [0.1, 0.15) is 36.0 Å². The van der Waals surface area contributed by atoms with E-state index in [1.807, 2.05) is 6.20 Å². The molecule has 0 atom stereocenters. The highest BCUT2D eigenvalue weighted by Crippen LogP contribution is 2.27. The fourth-order valence-electron chi connectivity index (χ4n) is 4.60. The lowest BCUT2D eigenvalue weighted by atomic mass is 9.90. The molecule has 3 heterocycles. The lowest BCUT2D eigenvalue weighted by molar-refractivity contribution is 0.400. The van der Waals surface area contributed by atoms with Crippen LogP contribution in [0.15, 0.2) is 41.3 Å². The molecule has 1 saturated heterocycles. The first-order chi connectivity index (χ1) is 13.3. The second kappa shape index (κ2) is 6.80. The first-order valence-corrected chi connectivity index (χ1v) is 9.97. The van der Waals surface area contributed by atoms with Gasteiger partial charge in [-0.05, 0) is 61.1 Å². The van der Waals surface area contributed by atoms with Crippen LogP contribution in [0.5, 0.6) is 0 Å². The van der Waals surface area contributed by atoms with E-state index in [2.05, 4.69) is 45.2 Å². The van der Waals surface area contributed by atoms with Gasteiger partial charge >= 0.3 is 0 Å². The molecule has 27 heavy (non-hydrogen) atoms. The van der Waals surface area contributed by atoms with E-state index in [4.69, 9.17) is 4.98 Å². The Labute approximate surface area is 158 Å². The van der Waals surface area contributed by atoms with E-state index in [0.29, 0.717) is 22.9 Å². The van der Waals surface area contributed by atoms with E-state index < -0.39 is 0 Å². The van der Waals surface area contributed by atoms with E-state index in [1.54, 1.807) is 0 Å². The Balaban J connectivity index is 1.35. The first-order valence-electron chi connectivity index (χ1n) is 9.97. The summed E-state index contributed by atoms with van der Waals surface area (Å²) in [6, 6.07) is 10.7. The van der Waals surface area contributed by atoms with Crippen molar-refractivity contribution in [1.82, 2.24) is 15.0 Å². The number of piperidine rings is 1. The molecule has 2 aromatic heterocycles. The molecule has 1 aliphatic carbocycles. The molecule has 5 rings (SSSR count). The second-order valence-electron chi connectivity index (χ2n) is 7.82. The van der Waals surface area contributed by atoms with Crippen molar-refractivity contribution in [2.45, 2.75) is 38.5 Å². The summed E-state index contributed by atoms with van der Waals surface area (Å²) in [5.74, 6) is 1.37. The lowest BCUT2D eigenvalue weighted by Gasteiger charge is -2.32. The quantitative estimate of drug-likeness (QED) is 0.779. The molecule has 0 amide bonds. The predicted octanol–water partition coefficient (Wildman–Crippen LogP) is 3.27. The van der Waals surface area contributed by atoms with Gasteiger partial charge in [-0.1, -0.05) is 30.3 Å². The predicted molar refractivity (Wildman–Crippen MR) is 107 cm³/mol. The van der Waals surface area contributed by atoms with Crippen LogP contribution in [-0.4, -0.2) is 28.0 Å². The molecule has 2 aliphatic rings. The number of aromatic nitrogens is 3. The number of hydrogen-bond donors (Lipinski definition) is 1. The zero-order valence-corrected chi connectivity index (χ0v) is 15.4. The van der Waals surface area contributed by atoms with Crippen LogP contribution < -0.4 is 10.5 Å². The fraction of sp³-hybridized carbons (Fsp3) is 0.409. The maximum Gasteiger partial charge on any atom is 0.262 e. The number of nitrogens with zero attached hydrogens (tertiary/aromatic N) is 3. The zero-order valence-electron chi connectivity index (χ0n) is 15.4. The smallest absolute Gasteiger partial charge is 0.262 e. The number of rotatable bonds is 3. The number of hydrogen-bond acceptors (Lipinski definition) is 4. The van der Waals surface area contributed by atoms with Gasteiger partial charge in [0.2, 0.25) is 5.95 Å². The highest BCUT2D eigenvalue weighted by atomic mass is 16.1. The van der Waals surface area contributed by atoms with Crippen LogP contribution in [0.25, 0.3) is 11.0 Å². The van der Waals surface area contributed by atoms with Gasteiger partial charge in [-0.3, -0.25) is 9.78 Å². The van der Waals surface area contributed by atoms with Gasteiger partial charge in [0.25, 0.3) is 5.56 Å². The van der Waals surface area contributed by atoms with Gasteiger partial charge in [0.15, 0.2) is 5.65 Å². The summed E-state index contributed by atoms with van der Waals surface area (Å²) in [5, 5.41) is 0.702. The summed E-state index contributed by atoms with van der Waals surface area (Å²) >= 11 is 0. The number of aryl methyl sites for hydroxylation is 2. The number of pyridine rings is 1. The largest absolute Gasteiger partial charge is 0.342 e. The average molecular weight is 360 g/mol. The number of anilines is 1. The van der Waals surface area contributed by atoms with Crippen LogP contribution in [-0.2, 0) is 19.3 Å². The highest BCUT2D eigenvalue weighted by Gasteiger charge is 2.23. The Morgan fingerprint density at radius 1 is 1.11 bits per heavy atom. The van der Waals surface area contributed by atoms with Crippen molar-refractivity contribution in [3.63, 3.8) is 0 Å². The van der Waals surface area contributed by atoms with Crippen molar-refractivity contribution in [2.24, 2.45) is 5.92 Å². The number of nitrogens with one attached hydrogen (secondary N) is 1. The summed E-state index contributed by atoms with van der Waals surface area (Å²) < 4.78 is 0. The Kier molecular flexibility index (Phi) is 4.15. The first kappa shape index (κ1) is 16.5. The molecule has 0 radical (unpaired) electrons. The maximum absolute atomic E-state index is 12.7. The molecule has 3 aromatic rings. The monoisotopic (exact) mass is 360 g/mol. The van der Waals surface area contributed by atoms with Crippen LogP contribution in [0.2, 0.25) is 0 Å². The summed E-state index contributed by atoms with van der Waals surface area (Å²) in [5.41, 5.74) is 4.34. The molecule has 1 fully saturated rings. The highest BCUT2D eigenvalue weighted by molar-refractivity contribution is 5.80. The number of fused-ring (bicyclic) bond motifs is 3. The summed E-state index contributed by atoms with van der Waals surface area (Å²) in [4.78, 5) is 27.2. The molecule has 138 valence electrons. The Morgan fingerprint density at radius 2 is 1.93 bits per heavy atom. The van der Waals surface area contributed by atoms with E-state index >= 15 is 0 Å². The standard InChI is InChI=1S/C22H24N4O/c27-21-19-18-8-4-7-17(18)14-23-20(19)24-22(25-21)26-11-9-16(10-12-26)13-15-5-2-1-3-6-15/h1-3,5-6,14,16H,4,7-13H2,(H,23,24,25,27). The maximum atomic E-state index is 12.7. The third-order valence-corrected chi connectivity index (χ3v) is 6.07. The van der Waals surface area contributed by atoms with Gasteiger partial charge in [0.1, 0.15) is 0 Å². The average Bonchev–Trinajstić information content (AvgIpc) is 3.18. The van der Waals surface area contributed by atoms with Crippen molar-refractivity contribution in [3.8, 4) is 0 Å². The van der Waals surface area contributed by atoms with Crippen LogP contribution in [0.4, 0.5) is 5.95 Å². The summed E-state index contributed by atoms with van der Waals surface area (Å²) in [7, 11) is 0. The van der Waals surface area contributed by atoms with E-state index in [1.165, 1.54) is 11.1 Å². The van der Waals surface area contributed by atoms with Crippen molar-refractivity contribution < 1.29 is 0 Å². The van der Waals surface area contributed by atoms with Crippen LogP contribution in [0, 0.1) is 5.92 Å². The van der Waals surface area contributed by atoms with Crippen molar-refractivity contribution >= 4 is 17.0 Å². The summed E-state index contributed by atoms with van der Waals surface area (Å²) in [6.45, 7) is 1.85. The van der Waals surface area contributed by atoms with Gasteiger partial charge in [-0.2, -0.15) is 4.98 Å². The molecule has 0 spiro atoms. The van der Waals surface area contributed by atoms with Gasteiger partial charge in [-0.15, -0.1) is 0 Å². The molecule has 5 nitrogen and oxygen atoms in total.